The van der Waals surface area contributed by atoms with Crippen molar-refractivity contribution < 1.29 is 24.2 Å². The van der Waals surface area contributed by atoms with E-state index in [0.29, 0.717) is 43.1 Å². The molecule has 2 saturated heterocycles. The monoisotopic (exact) mass is 558 g/mol. The molecule has 0 aromatic heterocycles. The van der Waals surface area contributed by atoms with Crippen molar-refractivity contribution in [2.75, 3.05) is 31.2 Å². The minimum absolute atomic E-state index is 0.137. The highest BCUT2D eigenvalue weighted by molar-refractivity contribution is 8.02. The minimum Gasteiger partial charge on any atom is -0.465 e. The number of unbranched alkanes of at least 4 members (excludes halogenated alkanes) is 3. The number of likely N-dealkylation sites (tertiary alicyclic amines) is 1. The Kier molecular flexibility index (Phi) is 7.68. The van der Waals surface area contributed by atoms with Gasteiger partial charge >= 0.3 is 5.97 Å². The fourth-order valence-corrected chi connectivity index (χ4v) is 9.12. The average Bonchev–Trinajstić information content (AvgIpc) is 3.18. The second kappa shape index (κ2) is 10.7. The summed E-state index contributed by atoms with van der Waals surface area (Å²) in [4.78, 5) is 45.6. The number of ether oxygens (including phenoxy) is 1. The molecule has 9 heteroatoms. The molecule has 0 saturated carbocycles. The summed E-state index contributed by atoms with van der Waals surface area (Å²) in [5.41, 5.74) is 1.53. The number of hydrogen-bond acceptors (Lipinski definition) is 6. The van der Waals surface area contributed by atoms with Gasteiger partial charge in [-0.05, 0) is 44.7 Å². The summed E-state index contributed by atoms with van der Waals surface area (Å²) in [5.74, 6) is -2.11. The molecule has 0 radical (unpaired) electrons. The van der Waals surface area contributed by atoms with Gasteiger partial charge in [0.15, 0.2) is 0 Å². The van der Waals surface area contributed by atoms with Crippen LogP contribution in [0.4, 0.5) is 5.69 Å². The zero-order valence-corrected chi connectivity index (χ0v) is 23.5. The number of hydrogen-bond donors (Lipinski definition) is 1. The molecule has 1 N–H and O–H groups in total. The molecule has 1 aromatic carbocycles. The molecule has 1 spiro atoms. The molecular weight excluding hydrogens is 524 g/mol. The normalized spacial score (nSPS) is 32.4. The minimum atomic E-state index is -0.906. The Morgan fingerprint density at radius 3 is 2.63 bits per heavy atom. The van der Waals surface area contributed by atoms with E-state index < -0.39 is 27.4 Å². The van der Waals surface area contributed by atoms with E-state index in [1.807, 2.05) is 50.3 Å². The van der Waals surface area contributed by atoms with Gasteiger partial charge in [-0.1, -0.05) is 60.9 Å². The van der Waals surface area contributed by atoms with Crippen LogP contribution in [0.3, 0.4) is 0 Å². The van der Waals surface area contributed by atoms with Crippen LogP contribution in [0.15, 0.2) is 42.5 Å². The smallest absolute Gasteiger partial charge is 0.311 e. The number of benzene rings is 1. The maximum Gasteiger partial charge on any atom is 0.311 e. The number of halogens is 1. The van der Waals surface area contributed by atoms with Crippen molar-refractivity contribution in [3.8, 4) is 0 Å². The average molecular weight is 559 g/mol. The molecule has 2 amide bonds. The molecule has 4 aliphatic rings. The number of anilines is 1. The number of cyclic esters (lactones) is 1. The zero-order chi connectivity index (χ0) is 27.1. The topological polar surface area (TPSA) is 87.2 Å². The lowest BCUT2D eigenvalue weighted by molar-refractivity contribution is -0.154. The van der Waals surface area contributed by atoms with E-state index in [-0.39, 0.29) is 31.0 Å². The molecule has 1 unspecified atom stereocenters. The SMILES string of the molecule is Cc1cccc(Cl)c1N1CC=C[C@]23S[C@@]4(C)C=CCCOC(=O)[C@H]4[C@H]2C(=O)N(CCCCCCO)C3C1=O. The van der Waals surface area contributed by atoms with Gasteiger partial charge in [0.2, 0.25) is 5.91 Å². The van der Waals surface area contributed by atoms with Crippen LogP contribution in [0.25, 0.3) is 0 Å². The van der Waals surface area contributed by atoms with Crippen LogP contribution >= 0.6 is 23.4 Å². The van der Waals surface area contributed by atoms with E-state index in [0.717, 1.165) is 18.4 Å². The highest BCUT2D eigenvalue weighted by atomic mass is 35.5. The van der Waals surface area contributed by atoms with Gasteiger partial charge in [0, 0.05) is 24.4 Å². The third-order valence-corrected chi connectivity index (χ3v) is 10.4. The maximum absolute atomic E-state index is 14.5. The first-order valence-corrected chi connectivity index (χ1v) is 14.6. The number of esters is 1. The van der Waals surface area contributed by atoms with Crippen molar-refractivity contribution in [2.24, 2.45) is 11.8 Å². The van der Waals surface area contributed by atoms with Crippen LogP contribution in [0.1, 0.15) is 44.6 Å². The molecule has 7 nitrogen and oxygen atoms in total. The number of aliphatic hydroxyl groups excluding tert-OH is 1. The lowest BCUT2D eigenvalue weighted by Gasteiger charge is -2.37. The summed E-state index contributed by atoms with van der Waals surface area (Å²) in [5, 5.41) is 9.63. The molecular formula is C29H35ClN2O5S. The highest BCUT2D eigenvalue weighted by Crippen LogP contribution is 2.65. The second-order valence-electron chi connectivity index (χ2n) is 10.8. The number of rotatable bonds is 7. The molecule has 5 rings (SSSR count). The predicted octanol–water partition coefficient (Wildman–Crippen LogP) is 4.29. The third kappa shape index (κ3) is 4.38. The van der Waals surface area contributed by atoms with Gasteiger partial charge in [0.25, 0.3) is 5.91 Å². The van der Waals surface area contributed by atoms with Crippen molar-refractivity contribution >= 4 is 46.8 Å². The lowest BCUT2D eigenvalue weighted by Crippen LogP contribution is -2.53. The van der Waals surface area contributed by atoms with Crippen LogP contribution in [0, 0.1) is 18.8 Å². The van der Waals surface area contributed by atoms with Gasteiger partial charge in [-0.3, -0.25) is 14.4 Å². The molecule has 38 heavy (non-hydrogen) atoms. The van der Waals surface area contributed by atoms with Crippen molar-refractivity contribution in [2.45, 2.75) is 61.5 Å². The van der Waals surface area contributed by atoms with E-state index in [1.54, 1.807) is 27.6 Å². The van der Waals surface area contributed by atoms with Crippen molar-refractivity contribution in [3.63, 3.8) is 0 Å². The summed E-state index contributed by atoms with van der Waals surface area (Å²) in [6.45, 7) is 5.08. The number of nitrogens with zero attached hydrogens (tertiary/aromatic N) is 2. The number of para-hydroxylation sites is 1. The number of fused-ring (bicyclic) bond motifs is 2. The predicted molar refractivity (Wildman–Crippen MR) is 149 cm³/mol. The van der Waals surface area contributed by atoms with Gasteiger partial charge in [-0.15, -0.1) is 11.8 Å². The molecule has 0 bridgehead atoms. The lowest BCUT2D eigenvalue weighted by atomic mass is 9.74. The van der Waals surface area contributed by atoms with E-state index in [9.17, 15) is 14.4 Å². The number of aryl methyl sites for hydroxylation is 1. The van der Waals surface area contributed by atoms with E-state index in [1.165, 1.54) is 0 Å². The largest absolute Gasteiger partial charge is 0.465 e. The van der Waals surface area contributed by atoms with Gasteiger partial charge in [0.05, 0.1) is 33.9 Å². The summed E-state index contributed by atoms with van der Waals surface area (Å²) in [6.07, 6.45) is 11.8. The molecule has 0 aliphatic carbocycles. The number of amides is 2. The number of carbonyl (C=O) groups is 3. The Hall–Kier alpha value is -2.29. The molecule has 1 aromatic rings. The van der Waals surface area contributed by atoms with Gasteiger partial charge in [0.1, 0.15) is 6.04 Å². The maximum atomic E-state index is 14.5. The summed E-state index contributed by atoms with van der Waals surface area (Å²) in [7, 11) is 0. The molecule has 4 heterocycles. The molecule has 2 fully saturated rings. The zero-order valence-electron chi connectivity index (χ0n) is 21.9. The van der Waals surface area contributed by atoms with Crippen LogP contribution in [-0.4, -0.2) is 69.6 Å². The van der Waals surface area contributed by atoms with Gasteiger partial charge in [-0.25, -0.2) is 0 Å². The van der Waals surface area contributed by atoms with Gasteiger partial charge < -0.3 is 19.6 Å². The van der Waals surface area contributed by atoms with Crippen LogP contribution < -0.4 is 4.90 Å². The van der Waals surface area contributed by atoms with Gasteiger partial charge in [-0.2, -0.15) is 0 Å². The summed E-state index contributed by atoms with van der Waals surface area (Å²) in [6, 6.07) is 4.78. The Bertz CT molecular complexity index is 1170. The Morgan fingerprint density at radius 2 is 1.87 bits per heavy atom. The Morgan fingerprint density at radius 1 is 1.08 bits per heavy atom. The molecule has 204 valence electrons. The Balaban J connectivity index is 1.59. The standard InChI is InChI=1S/C29H35ClN2O5S/c1-19-11-9-12-20(30)23(19)31-16-10-14-29-21(22-27(36)37-18-8-5-13-28(22,2)38-29)25(34)32(24(29)26(31)35)15-6-3-4-7-17-33/h5,9-14,21-22,24,33H,3-4,6-8,15-18H2,1-2H3/t21-,22+,24?,28-,29-/m0/s1. The fraction of sp³-hybridized carbons (Fsp3) is 0.552. The van der Waals surface area contributed by atoms with E-state index in [4.69, 9.17) is 21.4 Å². The highest BCUT2D eigenvalue weighted by Gasteiger charge is 2.73. The number of aliphatic hydroxyl groups is 1. The summed E-state index contributed by atoms with van der Waals surface area (Å²) < 4.78 is 4.02. The number of carbonyl (C=O) groups excluding carboxylic acids is 3. The van der Waals surface area contributed by atoms with Crippen LogP contribution in [-0.2, 0) is 19.1 Å². The Labute approximate surface area is 233 Å². The third-order valence-electron chi connectivity index (χ3n) is 8.29. The van der Waals surface area contributed by atoms with Crippen molar-refractivity contribution in [3.05, 3.63) is 53.1 Å². The number of thioether (sulfide) groups is 1. The first-order chi connectivity index (χ1) is 18.2. The van der Waals surface area contributed by atoms with Crippen LogP contribution in [0.2, 0.25) is 5.02 Å². The fourth-order valence-electron chi connectivity index (χ4n) is 6.64. The second-order valence-corrected chi connectivity index (χ2v) is 13.0. The summed E-state index contributed by atoms with van der Waals surface area (Å²) >= 11 is 8.17. The van der Waals surface area contributed by atoms with E-state index >= 15 is 0 Å². The quantitative estimate of drug-likeness (QED) is 0.305. The first-order valence-electron chi connectivity index (χ1n) is 13.5. The first kappa shape index (κ1) is 27.3. The van der Waals surface area contributed by atoms with Crippen molar-refractivity contribution in [1.29, 1.82) is 0 Å². The van der Waals surface area contributed by atoms with Crippen LogP contribution in [0.5, 0.6) is 0 Å². The molecule has 4 aliphatic heterocycles. The molecule has 5 atom stereocenters. The van der Waals surface area contributed by atoms with E-state index in [2.05, 4.69) is 0 Å². The van der Waals surface area contributed by atoms with Crippen molar-refractivity contribution in [1.82, 2.24) is 4.90 Å².